The summed E-state index contributed by atoms with van der Waals surface area (Å²) in [6.07, 6.45) is -2.18. The second-order valence-corrected chi connectivity index (χ2v) is 17.3. The van der Waals surface area contributed by atoms with Crippen LogP contribution in [0.3, 0.4) is 0 Å². The van der Waals surface area contributed by atoms with Gasteiger partial charge in [-0.2, -0.15) is 24.9 Å². The lowest BCUT2D eigenvalue weighted by molar-refractivity contribution is -0.192. The third kappa shape index (κ3) is 9.18. The molecule has 8 N–H and O–H groups in total. The van der Waals surface area contributed by atoms with Crippen LogP contribution in [-0.4, -0.2) is 134 Å². The number of alkyl halides is 3. The molecule has 2 bridgehead atoms. The van der Waals surface area contributed by atoms with Gasteiger partial charge in [0.1, 0.15) is 22.8 Å². The highest BCUT2D eigenvalue weighted by atomic mass is 35.5. The van der Waals surface area contributed by atoms with Crippen molar-refractivity contribution in [3.8, 4) is 11.5 Å². The van der Waals surface area contributed by atoms with Gasteiger partial charge in [0, 0.05) is 34.2 Å². The maximum absolute atomic E-state index is 13.4. The first kappa shape index (κ1) is 44.2. The Bertz CT molecular complexity index is 2090. The van der Waals surface area contributed by atoms with Crippen LogP contribution in [0.15, 0.2) is 33.9 Å². The smallest absolute Gasteiger partial charge is 0.490 e. The number of thioether (sulfide) groups is 2. The molecule has 1 aromatic carbocycles. The normalized spacial score (nSPS) is 23.0. The van der Waals surface area contributed by atoms with E-state index in [0.717, 1.165) is 24.2 Å². The highest BCUT2D eigenvalue weighted by Gasteiger charge is 2.55. The third-order valence-electron chi connectivity index (χ3n) is 9.38. The molecule has 3 fully saturated rings. The number of nitrogen functional groups attached to an aromatic ring is 1. The van der Waals surface area contributed by atoms with Crippen molar-refractivity contribution in [1.29, 1.82) is 0 Å². The molecule has 6 rings (SSSR count). The van der Waals surface area contributed by atoms with Crippen LogP contribution in [0.4, 0.5) is 18.3 Å². The molecule has 25 heteroatoms. The van der Waals surface area contributed by atoms with E-state index in [1.807, 2.05) is 0 Å². The van der Waals surface area contributed by atoms with Gasteiger partial charge in [-0.15, -0.1) is 23.1 Å². The van der Waals surface area contributed by atoms with Crippen LogP contribution >= 0.6 is 46.5 Å². The molecule has 18 nitrogen and oxygen atoms in total. The summed E-state index contributed by atoms with van der Waals surface area (Å²) in [6.45, 7) is 2.48. The number of aromatic nitrogens is 1. The highest BCUT2D eigenvalue weighted by molar-refractivity contribution is 8.01. The number of piperidine rings is 1. The monoisotopic (exact) mass is 894 g/mol. The fraction of sp³-hybridized carbons (Fsp3) is 0.455. The molecule has 5 atom stereocenters. The molecule has 4 aliphatic rings. The zero-order valence-electron chi connectivity index (χ0n) is 30.1. The number of fused-ring (bicyclic) bond motifs is 3. The zero-order valence-corrected chi connectivity index (χ0v) is 33.3. The Labute approximate surface area is 343 Å². The minimum absolute atomic E-state index is 0.00799. The van der Waals surface area contributed by atoms with Crippen LogP contribution in [0.5, 0.6) is 11.5 Å². The number of anilines is 1. The number of carboxylic acid groups (broad SMARTS) is 3. The molecule has 3 saturated heterocycles. The highest BCUT2D eigenvalue weighted by Crippen LogP contribution is 2.45. The number of oxime groups is 1. The van der Waals surface area contributed by atoms with Gasteiger partial charge in [-0.1, -0.05) is 16.8 Å². The molecule has 0 spiro atoms. The lowest BCUT2D eigenvalue weighted by Gasteiger charge is -2.49. The number of thiazole rings is 1. The number of hydrogen-bond donors (Lipinski definition) is 7. The van der Waals surface area contributed by atoms with Crippen molar-refractivity contribution in [3.05, 3.63) is 45.1 Å². The molecule has 0 saturated carbocycles. The fourth-order valence-electron chi connectivity index (χ4n) is 6.48. The van der Waals surface area contributed by atoms with E-state index < -0.39 is 70.1 Å². The number of phenols is 2. The van der Waals surface area contributed by atoms with Crippen molar-refractivity contribution < 1.29 is 72.3 Å². The number of carbonyl (C=O) groups is 6. The molecule has 1 unspecified atom stereocenters. The summed E-state index contributed by atoms with van der Waals surface area (Å²) in [4.78, 5) is 85.2. The van der Waals surface area contributed by atoms with Gasteiger partial charge in [0.25, 0.3) is 17.7 Å². The first-order valence-corrected chi connectivity index (χ1v) is 20.3. The molecular weight excluding hydrogens is 861 g/mol. The molecule has 0 radical (unpaired) electrons. The van der Waals surface area contributed by atoms with Crippen LogP contribution in [0.2, 0.25) is 5.02 Å². The van der Waals surface area contributed by atoms with Crippen molar-refractivity contribution in [1.82, 2.24) is 20.1 Å². The van der Waals surface area contributed by atoms with Crippen molar-refractivity contribution in [2.24, 2.45) is 5.16 Å². The molecule has 58 heavy (non-hydrogen) atoms. The van der Waals surface area contributed by atoms with Gasteiger partial charge >= 0.3 is 24.1 Å². The van der Waals surface area contributed by atoms with Crippen LogP contribution < -0.4 is 11.1 Å². The fourth-order valence-corrected chi connectivity index (χ4v) is 10.1. The van der Waals surface area contributed by atoms with E-state index in [0.29, 0.717) is 29.9 Å². The molecular formula is C33H34ClF3N6O12S3. The van der Waals surface area contributed by atoms with Crippen molar-refractivity contribution in [2.75, 3.05) is 17.2 Å². The number of benzene rings is 1. The predicted octanol–water partition coefficient (Wildman–Crippen LogP) is 3.31. The van der Waals surface area contributed by atoms with Gasteiger partial charge in [-0.25, -0.2) is 19.4 Å². The average Bonchev–Trinajstić information content (AvgIpc) is 3.69. The number of phenolic OH excluding ortho intramolecular Hbond substituents is 2. The summed E-state index contributed by atoms with van der Waals surface area (Å²) >= 11 is 10.1. The second-order valence-electron chi connectivity index (χ2n) is 13.6. The van der Waals surface area contributed by atoms with Gasteiger partial charge in [0.2, 0.25) is 5.60 Å². The Morgan fingerprint density at radius 1 is 1.09 bits per heavy atom. The molecule has 5 heterocycles. The van der Waals surface area contributed by atoms with E-state index in [2.05, 4.69) is 15.5 Å². The Morgan fingerprint density at radius 2 is 1.71 bits per heavy atom. The van der Waals surface area contributed by atoms with Gasteiger partial charge < -0.3 is 46.3 Å². The number of carboxylic acids is 3. The Hall–Kier alpha value is -4.94. The number of aromatic hydroxyl groups is 2. The standard InChI is InChI=1S/C31H33ClN6O10S3.C2HF3O2/c1-31(2,29(46)47)48-36-20(17-11-51-30(33)34-17)24(41)35-21-26(43)38-22(28(44)45)12(10-50-27(21)38)9-49-15-7-13-3-4-14(8-15)37(13)25(42)16-5-6-18(39)23(40)19(16)32;3-2(4,5)1(6)7/h5-6,11,13-15,21,27,39-40H,3-4,7-10H2,1-2H3,(H2,33,34)(H,35,41)(H,44,45)(H,46,47);(H,6,7)/b36-20-;/t13-,14+,15?,21-,27-;/m1./s1. The predicted molar refractivity (Wildman–Crippen MR) is 202 cm³/mol. The number of rotatable bonds is 11. The minimum Gasteiger partial charge on any atom is -0.504 e. The number of nitrogens with one attached hydrogen (secondary N) is 1. The number of hydrogen-bond acceptors (Lipinski definition) is 15. The lowest BCUT2D eigenvalue weighted by Crippen LogP contribution is -2.71. The molecule has 4 aliphatic heterocycles. The zero-order chi connectivity index (χ0) is 43.0. The van der Waals surface area contributed by atoms with Crippen LogP contribution in [0, 0.1) is 0 Å². The number of nitrogens with two attached hydrogens (primary N) is 1. The summed E-state index contributed by atoms with van der Waals surface area (Å²) in [5.41, 5.74) is 4.08. The number of halogens is 4. The maximum atomic E-state index is 13.4. The van der Waals surface area contributed by atoms with E-state index in [1.165, 1.54) is 48.0 Å². The Morgan fingerprint density at radius 3 is 2.24 bits per heavy atom. The van der Waals surface area contributed by atoms with E-state index in [-0.39, 0.29) is 50.3 Å². The van der Waals surface area contributed by atoms with E-state index in [4.69, 9.17) is 32.1 Å². The SMILES string of the molecule is CC(C)(O/N=C(\C(=O)N[C@@H]1C(=O)N2C(C(=O)O)=C(CSC3C[C@H]4CC[C@@H](C3)N4C(=O)c3ccc(O)c(O)c3Cl)CS[C@H]12)c1csc(N)n1)C(=O)O.O=C(O)C(F)(F)F. The Balaban J connectivity index is 0.000000839. The van der Waals surface area contributed by atoms with Gasteiger partial charge in [0.05, 0.1) is 10.6 Å². The van der Waals surface area contributed by atoms with Crippen LogP contribution in [0.25, 0.3) is 0 Å². The number of aliphatic carboxylic acids is 3. The summed E-state index contributed by atoms with van der Waals surface area (Å²) < 4.78 is 31.7. The van der Waals surface area contributed by atoms with E-state index in [1.54, 1.807) is 16.7 Å². The Kier molecular flexibility index (Phi) is 13.0. The lowest BCUT2D eigenvalue weighted by atomic mass is 10.0. The first-order chi connectivity index (χ1) is 27.0. The van der Waals surface area contributed by atoms with E-state index in [9.17, 15) is 57.6 Å². The molecule has 314 valence electrons. The maximum Gasteiger partial charge on any atom is 0.490 e. The van der Waals surface area contributed by atoms with Crippen molar-refractivity contribution in [3.63, 3.8) is 0 Å². The molecule has 1 aromatic heterocycles. The van der Waals surface area contributed by atoms with Crippen LogP contribution in [0.1, 0.15) is 55.6 Å². The van der Waals surface area contributed by atoms with Gasteiger partial charge in [-0.3, -0.25) is 19.3 Å². The van der Waals surface area contributed by atoms with Crippen molar-refractivity contribution >= 4 is 92.9 Å². The topological polar surface area (TPSA) is 283 Å². The first-order valence-electron chi connectivity index (χ1n) is 16.9. The third-order valence-corrected chi connectivity index (χ3v) is 13.1. The van der Waals surface area contributed by atoms with E-state index >= 15 is 0 Å². The number of β-lactam (4-membered cyclic amide) rings is 1. The van der Waals surface area contributed by atoms with Gasteiger partial charge in [0.15, 0.2) is 22.3 Å². The molecule has 0 aliphatic carbocycles. The summed E-state index contributed by atoms with van der Waals surface area (Å²) in [5, 5.41) is 53.5. The van der Waals surface area contributed by atoms with Crippen molar-refractivity contribution in [2.45, 2.75) is 80.1 Å². The summed E-state index contributed by atoms with van der Waals surface area (Å²) in [5.74, 6) is -7.52. The molecule has 2 aromatic rings. The number of carbonyl (C=O) groups excluding carboxylic acids is 3. The number of nitrogens with zero attached hydrogens (tertiary/aromatic N) is 4. The molecule has 3 amide bonds. The second kappa shape index (κ2) is 17.1. The number of amides is 3. The quantitative estimate of drug-likeness (QED) is 0.0737. The van der Waals surface area contributed by atoms with Crippen LogP contribution in [-0.2, 0) is 28.8 Å². The van der Waals surface area contributed by atoms with Gasteiger partial charge in [-0.05, 0) is 57.2 Å². The average molecular weight is 895 g/mol. The summed E-state index contributed by atoms with van der Waals surface area (Å²) in [6, 6.07) is 1.37. The summed E-state index contributed by atoms with van der Waals surface area (Å²) in [7, 11) is 0. The minimum atomic E-state index is -5.08. The largest absolute Gasteiger partial charge is 0.504 e.